The first-order valence-electron chi connectivity index (χ1n) is 6.83. The molecule has 1 aliphatic rings. The Kier molecular flexibility index (Phi) is 3.41. The predicted molar refractivity (Wildman–Crippen MR) is 76.8 cm³/mol. The van der Waals surface area contributed by atoms with Crippen molar-refractivity contribution in [2.45, 2.75) is 46.1 Å². The van der Waals surface area contributed by atoms with E-state index in [2.05, 4.69) is 45.1 Å². The van der Waals surface area contributed by atoms with Crippen molar-refractivity contribution in [1.82, 2.24) is 0 Å². The molecule has 0 saturated heterocycles. The number of nitrogens with one attached hydrogen (secondary N) is 1. The average Bonchev–Trinajstić information content (AvgIpc) is 2.52. The van der Waals surface area contributed by atoms with Crippen LogP contribution in [0.3, 0.4) is 0 Å². The smallest absolute Gasteiger partial charge is 0.0664 e. The molecule has 1 aromatic rings. The Labute approximate surface area is 110 Å². The SMILES string of the molecule is Cc1ccccc1NC1(CO)CC(C)(C)CC1C. The summed E-state index contributed by atoms with van der Waals surface area (Å²) < 4.78 is 0. The Morgan fingerprint density at radius 3 is 2.50 bits per heavy atom. The fourth-order valence-electron chi connectivity index (χ4n) is 3.52. The fraction of sp³-hybridized carbons (Fsp3) is 0.625. The molecule has 1 fully saturated rings. The second-order valence-corrected chi connectivity index (χ2v) is 6.70. The summed E-state index contributed by atoms with van der Waals surface area (Å²) in [6.07, 6.45) is 2.18. The van der Waals surface area contributed by atoms with Crippen molar-refractivity contribution in [1.29, 1.82) is 0 Å². The number of hydrogen-bond donors (Lipinski definition) is 2. The summed E-state index contributed by atoms with van der Waals surface area (Å²) >= 11 is 0. The van der Waals surface area contributed by atoms with Gasteiger partial charge >= 0.3 is 0 Å². The van der Waals surface area contributed by atoms with E-state index in [9.17, 15) is 5.11 Å². The van der Waals surface area contributed by atoms with Crippen molar-refractivity contribution in [3.8, 4) is 0 Å². The molecule has 2 nitrogen and oxygen atoms in total. The highest BCUT2D eigenvalue weighted by Gasteiger charge is 2.48. The molecular formula is C16H25NO. The summed E-state index contributed by atoms with van der Waals surface area (Å²) in [5.74, 6) is 0.483. The topological polar surface area (TPSA) is 32.3 Å². The Balaban J connectivity index is 2.27. The summed E-state index contributed by atoms with van der Waals surface area (Å²) in [6.45, 7) is 9.14. The number of benzene rings is 1. The minimum absolute atomic E-state index is 0.171. The minimum Gasteiger partial charge on any atom is -0.394 e. The Morgan fingerprint density at radius 2 is 2.00 bits per heavy atom. The maximum Gasteiger partial charge on any atom is 0.0664 e. The third-order valence-corrected chi connectivity index (χ3v) is 4.41. The van der Waals surface area contributed by atoms with Crippen LogP contribution in [-0.2, 0) is 0 Å². The first-order chi connectivity index (χ1) is 8.38. The van der Waals surface area contributed by atoms with Crippen LogP contribution < -0.4 is 5.32 Å². The molecule has 0 spiro atoms. The molecule has 100 valence electrons. The molecular weight excluding hydrogens is 222 g/mol. The number of aryl methyl sites for hydroxylation is 1. The molecule has 2 unspecified atom stereocenters. The molecule has 2 rings (SSSR count). The molecule has 1 aromatic carbocycles. The lowest BCUT2D eigenvalue weighted by Crippen LogP contribution is -2.45. The highest BCUT2D eigenvalue weighted by atomic mass is 16.3. The Bertz CT molecular complexity index is 427. The Morgan fingerprint density at radius 1 is 1.33 bits per heavy atom. The average molecular weight is 247 g/mol. The monoisotopic (exact) mass is 247 g/mol. The first kappa shape index (κ1) is 13.4. The van der Waals surface area contributed by atoms with E-state index < -0.39 is 0 Å². The largest absolute Gasteiger partial charge is 0.394 e. The predicted octanol–water partition coefficient (Wildman–Crippen LogP) is 3.59. The first-order valence-corrected chi connectivity index (χ1v) is 6.83. The van der Waals surface area contributed by atoms with E-state index in [0.29, 0.717) is 11.3 Å². The summed E-state index contributed by atoms with van der Waals surface area (Å²) in [7, 11) is 0. The van der Waals surface area contributed by atoms with Crippen molar-refractivity contribution in [3.05, 3.63) is 29.8 Å². The highest BCUT2D eigenvalue weighted by Crippen LogP contribution is 2.48. The van der Waals surface area contributed by atoms with Gasteiger partial charge in [0, 0.05) is 5.69 Å². The van der Waals surface area contributed by atoms with Gasteiger partial charge in [-0.1, -0.05) is 39.0 Å². The quantitative estimate of drug-likeness (QED) is 0.855. The maximum atomic E-state index is 9.91. The van der Waals surface area contributed by atoms with Crippen LogP contribution in [0, 0.1) is 18.3 Å². The molecule has 2 N–H and O–H groups in total. The van der Waals surface area contributed by atoms with Crippen molar-refractivity contribution in [2.75, 3.05) is 11.9 Å². The zero-order chi connectivity index (χ0) is 13.4. The molecule has 1 aliphatic carbocycles. The number of rotatable bonds is 3. The van der Waals surface area contributed by atoms with Crippen LogP contribution in [0.15, 0.2) is 24.3 Å². The van der Waals surface area contributed by atoms with Gasteiger partial charge in [-0.05, 0) is 42.7 Å². The third kappa shape index (κ3) is 2.39. The second kappa shape index (κ2) is 4.58. The van der Waals surface area contributed by atoms with Gasteiger partial charge in [0.15, 0.2) is 0 Å². The molecule has 0 aromatic heterocycles. The van der Waals surface area contributed by atoms with Crippen molar-refractivity contribution in [3.63, 3.8) is 0 Å². The molecule has 0 bridgehead atoms. The van der Waals surface area contributed by atoms with Crippen LogP contribution in [0.25, 0.3) is 0 Å². The number of aliphatic hydroxyl groups is 1. The van der Waals surface area contributed by atoms with E-state index >= 15 is 0 Å². The second-order valence-electron chi connectivity index (χ2n) is 6.70. The van der Waals surface area contributed by atoms with E-state index in [4.69, 9.17) is 0 Å². The van der Waals surface area contributed by atoms with Crippen LogP contribution >= 0.6 is 0 Å². The van der Waals surface area contributed by atoms with Crippen molar-refractivity contribution < 1.29 is 5.11 Å². The lowest BCUT2D eigenvalue weighted by molar-refractivity contribution is 0.179. The van der Waals surface area contributed by atoms with Crippen LogP contribution in [-0.4, -0.2) is 17.3 Å². The molecule has 0 aliphatic heterocycles. The van der Waals surface area contributed by atoms with Crippen LogP contribution in [0.4, 0.5) is 5.69 Å². The molecule has 0 radical (unpaired) electrons. The van der Waals surface area contributed by atoms with Gasteiger partial charge in [0.05, 0.1) is 12.1 Å². The van der Waals surface area contributed by atoms with Crippen molar-refractivity contribution in [2.24, 2.45) is 11.3 Å². The normalized spacial score (nSPS) is 30.4. The molecule has 2 heteroatoms. The van der Waals surface area contributed by atoms with Gasteiger partial charge in [0.1, 0.15) is 0 Å². The van der Waals surface area contributed by atoms with Gasteiger partial charge in [-0.15, -0.1) is 0 Å². The number of anilines is 1. The standard InChI is InChI=1S/C16H25NO/c1-12-7-5-6-8-14(12)17-16(11-18)10-15(3,4)9-13(16)2/h5-8,13,17-18H,9-11H2,1-4H3. The number of hydrogen-bond acceptors (Lipinski definition) is 2. The molecule has 0 amide bonds. The van der Waals surface area contributed by atoms with Crippen LogP contribution in [0.1, 0.15) is 39.2 Å². The fourth-order valence-corrected chi connectivity index (χ4v) is 3.52. The van der Waals surface area contributed by atoms with E-state index in [0.717, 1.165) is 18.5 Å². The van der Waals surface area contributed by atoms with E-state index in [1.165, 1.54) is 5.56 Å². The zero-order valence-electron chi connectivity index (χ0n) is 12.0. The van der Waals surface area contributed by atoms with Gasteiger partial charge in [0.25, 0.3) is 0 Å². The van der Waals surface area contributed by atoms with Gasteiger partial charge in [0.2, 0.25) is 0 Å². The Hall–Kier alpha value is -1.02. The highest BCUT2D eigenvalue weighted by molar-refractivity contribution is 5.52. The number of para-hydroxylation sites is 1. The van der Waals surface area contributed by atoms with Crippen LogP contribution in [0.5, 0.6) is 0 Å². The maximum absolute atomic E-state index is 9.91. The van der Waals surface area contributed by atoms with E-state index in [-0.39, 0.29) is 12.1 Å². The van der Waals surface area contributed by atoms with E-state index in [1.54, 1.807) is 0 Å². The summed E-state index contributed by atoms with van der Waals surface area (Å²) in [4.78, 5) is 0. The summed E-state index contributed by atoms with van der Waals surface area (Å²) in [5.41, 5.74) is 2.52. The molecule has 0 heterocycles. The van der Waals surface area contributed by atoms with E-state index in [1.807, 2.05) is 12.1 Å². The number of aliphatic hydroxyl groups excluding tert-OH is 1. The van der Waals surface area contributed by atoms with Gasteiger partial charge in [-0.3, -0.25) is 0 Å². The van der Waals surface area contributed by atoms with Crippen LogP contribution in [0.2, 0.25) is 0 Å². The van der Waals surface area contributed by atoms with Gasteiger partial charge < -0.3 is 10.4 Å². The molecule has 18 heavy (non-hydrogen) atoms. The summed E-state index contributed by atoms with van der Waals surface area (Å²) in [6, 6.07) is 8.31. The van der Waals surface area contributed by atoms with Crippen molar-refractivity contribution >= 4 is 5.69 Å². The molecule has 1 saturated carbocycles. The van der Waals surface area contributed by atoms with Gasteiger partial charge in [-0.2, -0.15) is 0 Å². The lowest BCUT2D eigenvalue weighted by Gasteiger charge is -2.35. The minimum atomic E-state index is -0.171. The molecule has 2 atom stereocenters. The summed E-state index contributed by atoms with van der Waals surface area (Å²) in [5, 5.41) is 13.5. The lowest BCUT2D eigenvalue weighted by atomic mass is 9.86. The third-order valence-electron chi connectivity index (χ3n) is 4.41. The van der Waals surface area contributed by atoms with Gasteiger partial charge in [-0.25, -0.2) is 0 Å². The zero-order valence-corrected chi connectivity index (χ0v) is 12.0.